The van der Waals surface area contributed by atoms with E-state index < -0.39 is 0 Å². The second-order valence-electron chi connectivity index (χ2n) is 4.09. The smallest absolute Gasteiger partial charge is 0.219 e. The van der Waals surface area contributed by atoms with Gasteiger partial charge in [0.15, 0.2) is 5.89 Å². The Labute approximate surface area is 99.6 Å². The van der Waals surface area contributed by atoms with Gasteiger partial charge in [0.25, 0.3) is 0 Å². The van der Waals surface area contributed by atoms with Gasteiger partial charge in [0.05, 0.1) is 11.6 Å². The van der Waals surface area contributed by atoms with Crippen molar-refractivity contribution in [2.24, 2.45) is 0 Å². The maximum atomic E-state index is 11.2. The molecular formula is C11H15ClN2O2. The quantitative estimate of drug-likeness (QED) is 0.747. The number of nitrogens with zero attached hydrogens (tertiary/aromatic N) is 2. The summed E-state index contributed by atoms with van der Waals surface area (Å²) in [5, 5.41) is 0. The van der Waals surface area contributed by atoms with Crippen LogP contribution in [0.5, 0.6) is 0 Å². The number of piperidine rings is 1. The number of hydrogen-bond donors (Lipinski definition) is 0. The maximum Gasteiger partial charge on any atom is 0.219 e. The largest absolute Gasteiger partial charge is 0.448 e. The van der Waals surface area contributed by atoms with E-state index in [1.54, 1.807) is 13.2 Å². The van der Waals surface area contributed by atoms with Crippen LogP contribution in [0.4, 0.5) is 0 Å². The van der Waals surface area contributed by atoms with Crippen LogP contribution in [-0.2, 0) is 10.7 Å². The number of carbonyl (C=O) groups is 1. The van der Waals surface area contributed by atoms with Crippen LogP contribution in [0.25, 0.3) is 0 Å². The maximum absolute atomic E-state index is 11.2. The third-order valence-corrected chi connectivity index (χ3v) is 3.27. The summed E-state index contributed by atoms with van der Waals surface area (Å²) in [6.07, 6.45) is 3.45. The van der Waals surface area contributed by atoms with Crippen molar-refractivity contribution in [3.8, 4) is 0 Å². The molecular weight excluding hydrogens is 228 g/mol. The Hall–Kier alpha value is -1.03. The average Bonchev–Trinajstić information content (AvgIpc) is 2.77. The molecule has 4 nitrogen and oxygen atoms in total. The lowest BCUT2D eigenvalue weighted by Gasteiger charge is -2.29. The number of rotatable bonds is 2. The molecule has 1 aliphatic rings. The Balaban J connectivity index is 1.96. The second-order valence-corrected chi connectivity index (χ2v) is 4.36. The molecule has 0 bridgehead atoms. The van der Waals surface area contributed by atoms with Crippen LogP contribution in [-0.4, -0.2) is 28.9 Å². The molecule has 0 aliphatic carbocycles. The molecule has 1 fully saturated rings. The third kappa shape index (κ3) is 2.38. The van der Waals surface area contributed by atoms with E-state index in [0.717, 1.165) is 37.5 Å². The van der Waals surface area contributed by atoms with Crippen molar-refractivity contribution in [3.63, 3.8) is 0 Å². The number of likely N-dealkylation sites (tertiary alicyclic amines) is 1. The van der Waals surface area contributed by atoms with E-state index in [1.807, 2.05) is 4.90 Å². The van der Waals surface area contributed by atoms with Gasteiger partial charge in [-0.2, -0.15) is 0 Å². The average molecular weight is 243 g/mol. The van der Waals surface area contributed by atoms with Crippen LogP contribution in [0, 0.1) is 0 Å². The van der Waals surface area contributed by atoms with E-state index in [-0.39, 0.29) is 5.91 Å². The summed E-state index contributed by atoms with van der Waals surface area (Å²) in [6, 6.07) is 0. The highest BCUT2D eigenvalue weighted by molar-refractivity contribution is 6.16. The molecule has 1 amide bonds. The van der Waals surface area contributed by atoms with E-state index in [2.05, 4.69) is 4.98 Å². The number of hydrogen-bond acceptors (Lipinski definition) is 3. The number of amides is 1. The minimum atomic E-state index is 0.146. The van der Waals surface area contributed by atoms with Gasteiger partial charge in [-0.15, -0.1) is 11.6 Å². The number of halogens is 1. The molecule has 0 saturated carbocycles. The molecule has 0 atom stereocenters. The first-order chi connectivity index (χ1) is 7.70. The molecule has 0 spiro atoms. The zero-order valence-electron chi connectivity index (χ0n) is 9.28. The molecule has 1 aromatic rings. The Bertz CT molecular complexity index is 370. The molecule has 16 heavy (non-hydrogen) atoms. The molecule has 1 aliphatic heterocycles. The van der Waals surface area contributed by atoms with Crippen molar-refractivity contribution in [2.75, 3.05) is 13.1 Å². The lowest BCUT2D eigenvalue weighted by Crippen LogP contribution is -2.36. The van der Waals surface area contributed by atoms with Crippen molar-refractivity contribution in [3.05, 3.63) is 17.8 Å². The number of aromatic nitrogens is 1. The Morgan fingerprint density at radius 2 is 2.31 bits per heavy atom. The fraction of sp³-hybridized carbons (Fsp3) is 0.636. The van der Waals surface area contributed by atoms with Crippen LogP contribution in [0.1, 0.15) is 37.3 Å². The SMILES string of the molecule is CC(=O)N1CCC(c2nc(CCl)co2)CC1. The summed E-state index contributed by atoms with van der Waals surface area (Å²) in [4.78, 5) is 17.3. The predicted molar refractivity (Wildman–Crippen MR) is 60.3 cm³/mol. The van der Waals surface area contributed by atoms with E-state index in [0.29, 0.717) is 11.8 Å². The molecule has 5 heteroatoms. The predicted octanol–water partition coefficient (Wildman–Crippen LogP) is 2.14. The first-order valence-electron chi connectivity index (χ1n) is 5.46. The molecule has 0 unspecified atom stereocenters. The summed E-state index contributed by atoms with van der Waals surface area (Å²) < 4.78 is 5.39. The molecule has 1 saturated heterocycles. The van der Waals surface area contributed by atoms with Crippen molar-refractivity contribution in [1.29, 1.82) is 0 Å². The van der Waals surface area contributed by atoms with Gasteiger partial charge < -0.3 is 9.32 Å². The van der Waals surface area contributed by atoms with E-state index in [1.165, 1.54) is 0 Å². The lowest BCUT2D eigenvalue weighted by molar-refractivity contribution is -0.129. The van der Waals surface area contributed by atoms with Crippen molar-refractivity contribution < 1.29 is 9.21 Å². The van der Waals surface area contributed by atoms with Crippen LogP contribution in [0.15, 0.2) is 10.7 Å². The number of oxazole rings is 1. The highest BCUT2D eigenvalue weighted by Gasteiger charge is 2.25. The number of alkyl halides is 1. The fourth-order valence-corrected chi connectivity index (χ4v) is 2.14. The van der Waals surface area contributed by atoms with Crippen LogP contribution in [0.2, 0.25) is 0 Å². The van der Waals surface area contributed by atoms with Gasteiger partial charge in [0.2, 0.25) is 5.91 Å². The van der Waals surface area contributed by atoms with E-state index in [4.69, 9.17) is 16.0 Å². The van der Waals surface area contributed by atoms with Gasteiger partial charge in [-0.1, -0.05) is 0 Å². The second kappa shape index (κ2) is 4.87. The number of carbonyl (C=O) groups excluding carboxylic acids is 1. The zero-order chi connectivity index (χ0) is 11.5. The van der Waals surface area contributed by atoms with Gasteiger partial charge in [0.1, 0.15) is 6.26 Å². The standard InChI is InChI=1S/C11H15ClN2O2/c1-8(15)14-4-2-9(3-5-14)11-13-10(6-12)7-16-11/h7,9H,2-6H2,1H3. The van der Waals surface area contributed by atoms with Crippen LogP contribution >= 0.6 is 11.6 Å². The topological polar surface area (TPSA) is 46.3 Å². The summed E-state index contributed by atoms with van der Waals surface area (Å²) in [5.41, 5.74) is 0.783. The van der Waals surface area contributed by atoms with Crippen LogP contribution < -0.4 is 0 Å². The van der Waals surface area contributed by atoms with Crippen molar-refractivity contribution in [1.82, 2.24) is 9.88 Å². The van der Waals surface area contributed by atoms with Gasteiger partial charge in [-0.25, -0.2) is 4.98 Å². The fourth-order valence-electron chi connectivity index (χ4n) is 2.01. The first kappa shape index (κ1) is 11.5. The Morgan fingerprint density at radius 1 is 1.62 bits per heavy atom. The molecule has 1 aromatic heterocycles. The molecule has 2 rings (SSSR count). The Morgan fingerprint density at radius 3 is 2.81 bits per heavy atom. The van der Waals surface area contributed by atoms with Gasteiger partial charge in [-0.3, -0.25) is 4.79 Å². The van der Waals surface area contributed by atoms with Crippen molar-refractivity contribution >= 4 is 17.5 Å². The summed E-state index contributed by atoms with van der Waals surface area (Å²) in [7, 11) is 0. The van der Waals surface area contributed by atoms with Crippen LogP contribution in [0.3, 0.4) is 0 Å². The molecule has 0 N–H and O–H groups in total. The van der Waals surface area contributed by atoms with E-state index >= 15 is 0 Å². The highest BCUT2D eigenvalue weighted by atomic mass is 35.5. The highest BCUT2D eigenvalue weighted by Crippen LogP contribution is 2.27. The summed E-state index contributed by atoms with van der Waals surface area (Å²) >= 11 is 5.67. The van der Waals surface area contributed by atoms with Gasteiger partial charge >= 0.3 is 0 Å². The third-order valence-electron chi connectivity index (χ3n) is 3.00. The zero-order valence-corrected chi connectivity index (χ0v) is 10.0. The summed E-state index contributed by atoms with van der Waals surface area (Å²) in [6.45, 7) is 3.19. The summed E-state index contributed by atoms with van der Waals surface area (Å²) in [5.74, 6) is 1.62. The minimum Gasteiger partial charge on any atom is -0.448 e. The first-order valence-corrected chi connectivity index (χ1v) is 6.00. The minimum absolute atomic E-state index is 0.146. The molecule has 88 valence electrons. The lowest BCUT2D eigenvalue weighted by atomic mass is 9.97. The van der Waals surface area contributed by atoms with Gasteiger partial charge in [0, 0.05) is 25.9 Å². The van der Waals surface area contributed by atoms with Gasteiger partial charge in [-0.05, 0) is 12.8 Å². The normalized spacial score (nSPS) is 17.8. The Kier molecular flexibility index (Phi) is 3.49. The molecule has 2 heterocycles. The monoisotopic (exact) mass is 242 g/mol. The molecule has 0 aromatic carbocycles. The van der Waals surface area contributed by atoms with Crippen molar-refractivity contribution in [2.45, 2.75) is 31.6 Å². The molecule has 0 radical (unpaired) electrons. The van der Waals surface area contributed by atoms with E-state index in [9.17, 15) is 4.79 Å².